The van der Waals surface area contributed by atoms with Crippen molar-refractivity contribution in [2.24, 2.45) is 5.73 Å². The second-order valence-corrected chi connectivity index (χ2v) is 8.02. The van der Waals surface area contributed by atoms with Gasteiger partial charge in [-0.05, 0) is 48.9 Å². The smallest absolute Gasteiger partial charge is 0.414 e. The molecule has 9 nitrogen and oxygen atoms in total. The Hall–Kier alpha value is -3.11. The number of benzene rings is 2. The van der Waals surface area contributed by atoms with Crippen LogP contribution in [0.1, 0.15) is 17.9 Å². The average molecular weight is 422 g/mol. The first-order valence-electron chi connectivity index (χ1n) is 8.64. The van der Waals surface area contributed by atoms with Crippen LogP contribution in [0.5, 0.6) is 5.75 Å². The molecule has 1 heterocycles. The molecule has 1 atom stereocenters. The number of anilines is 1. The summed E-state index contributed by atoms with van der Waals surface area (Å²) >= 11 is 0. The molecule has 10 heteroatoms. The maximum absolute atomic E-state index is 13.0. The van der Waals surface area contributed by atoms with Crippen LogP contribution < -0.4 is 14.8 Å². The predicted molar refractivity (Wildman–Crippen MR) is 106 cm³/mol. The summed E-state index contributed by atoms with van der Waals surface area (Å²) in [6, 6.07) is 14.0. The summed E-state index contributed by atoms with van der Waals surface area (Å²) in [5.41, 5.74) is 7.40. The zero-order chi connectivity index (χ0) is 21.6. The SMILES string of the molecule is COc1ccc2c(c1)C(CCN)CN2S(=O)(=O)c1ccccc1.O=C(O)C(=O)O. The van der Waals surface area contributed by atoms with E-state index >= 15 is 0 Å². The van der Waals surface area contributed by atoms with Crippen molar-refractivity contribution in [2.75, 3.05) is 24.5 Å². The Bertz CT molecular complexity index is 965. The first-order chi connectivity index (χ1) is 13.7. The van der Waals surface area contributed by atoms with E-state index in [1.807, 2.05) is 12.1 Å². The van der Waals surface area contributed by atoms with E-state index in [1.165, 1.54) is 4.31 Å². The van der Waals surface area contributed by atoms with Gasteiger partial charge in [-0.1, -0.05) is 18.2 Å². The van der Waals surface area contributed by atoms with Crippen LogP contribution in [-0.2, 0) is 19.6 Å². The van der Waals surface area contributed by atoms with Gasteiger partial charge in [0.1, 0.15) is 5.75 Å². The van der Waals surface area contributed by atoms with Gasteiger partial charge in [0.15, 0.2) is 0 Å². The minimum absolute atomic E-state index is 0.0867. The van der Waals surface area contributed by atoms with Gasteiger partial charge in [-0.3, -0.25) is 4.31 Å². The Morgan fingerprint density at radius 1 is 1.14 bits per heavy atom. The highest BCUT2D eigenvalue weighted by Gasteiger charge is 2.36. The van der Waals surface area contributed by atoms with Crippen LogP contribution in [0.25, 0.3) is 0 Å². The van der Waals surface area contributed by atoms with Gasteiger partial charge in [-0.15, -0.1) is 0 Å². The molecule has 1 aliphatic rings. The van der Waals surface area contributed by atoms with Gasteiger partial charge in [0, 0.05) is 12.5 Å². The minimum atomic E-state index is -3.57. The van der Waals surface area contributed by atoms with Crippen molar-refractivity contribution in [2.45, 2.75) is 17.2 Å². The van der Waals surface area contributed by atoms with Crippen LogP contribution in [0.4, 0.5) is 5.69 Å². The third-order valence-corrected chi connectivity index (χ3v) is 6.15. The van der Waals surface area contributed by atoms with Crippen molar-refractivity contribution in [3.05, 3.63) is 54.1 Å². The van der Waals surface area contributed by atoms with Crippen molar-refractivity contribution >= 4 is 27.6 Å². The quantitative estimate of drug-likeness (QED) is 0.614. The van der Waals surface area contributed by atoms with E-state index in [9.17, 15) is 8.42 Å². The molecule has 0 bridgehead atoms. The van der Waals surface area contributed by atoms with Crippen molar-refractivity contribution in [1.82, 2.24) is 0 Å². The van der Waals surface area contributed by atoms with Gasteiger partial charge in [0.05, 0.1) is 17.7 Å². The second-order valence-electron chi connectivity index (χ2n) is 6.16. The van der Waals surface area contributed by atoms with Crippen LogP contribution >= 0.6 is 0 Å². The summed E-state index contributed by atoms with van der Waals surface area (Å²) in [5, 5.41) is 14.8. The number of carboxylic acids is 2. The number of sulfonamides is 1. The maximum Gasteiger partial charge on any atom is 0.414 e. The highest BCUT2D eigenvalue weighted by molar-refractivity contribution is 7.92. The number of nitrogens with zero attached hydrogens (tertiary/aromatic N) is 1. The van der Waals surface area contributed by atoms with Gasteiger partial charge in [-0.2, -0.15) is 0 Å². The minimum Gasteiger partial charge on any atom is -0.497 e. The maximum atomic E-state index is 13.0. The summed E-state index contributed by atoms with van der Waals surface area (Å²) in [4.78, 5) is 18.5. The number of carbonyl (C=O) groups is 2. The van der Waals surface area contributed by atoms with Crippen molar-refractivity contribution in [1.29, 1.82) is 0 Å². The van der Waals surface area contributed by atoms with E-state index in [0.717, 1.165) is 17.7 Å². The van der Waals surface area contributed by atoms with Crippen LogP contribution in [0.15, 0.2) is 53.4 Å². The molecule has 1 aliphatic heterocycles. The molecule has 4 N–H and O–H groups in total. The summed E-state index contributed by atoms with van der Waals surface area (Å²) in [6.07, 6.45) is 0.737. The Labute approximate surface area is 168 Å². The van der Waals surface area contributed by atoms with Crippen molar-refractivity contribution in [3.8, 4) is 5.75 Å². The first-order valence-corrected chi connectivity index (χ1v) is 10.1. The lowest BCUT2D eigenvalue weighted by Crippen LogP contribution is -2.30. The third-order valence-electron chi connectivity index (χ3n) is 4.36. The van der Waals surface area contributed by atoms with Gasteiger partial charge in [0.25, 0.3) is 10.0 Å². The number of rotatable bonds is 5. The van der Waals surface area contributed by atoms with Gasteiger partial charge >= 0.3 is 11.9 Å². The number of nitrogens with two attached hydrogens (primary N) is 1. The molecule has 0 amide bonds. The van der Waals surface area contributed by atoms with E-state index < -0.39 is 22.0 Å². The number of hydrogen-bond donors (Lipinski definition) is 3. The summed E-state index contributed by atoms with van der Waals surface area (Å²) in [6.45, 7) is 0.928. The third kappa shape index (κ3) is 5.04. The lowest BCUT2D eigenvalue weighted by atomic mass is 9.98. The molecule has 0 saturated carbocycles. The van der Waals surface area contributed by atoms with E-state index in [0.29, 0.717) is 23.7 Å². The highest BCUT2D eigenvalue weighted by Crippen LogP contribution is 2.42. The molecule has 0 saturated heterocycles. The van der Waals surface area contributed by atoms with Gasteiger partial charge in [0.2, 0.25) is 0 Å². The predicted octanol–water partition coefficient (Wildman–Crippen LogP) is 1.49. The van der Waals surface area contributed by atoms with E-state index in [1.54, 1.807) is 43.5 Å². The molecule has 0 fully saturated rings. The largest absolute Gasteiger partial charge is 0.497 e. The molecular formula is C19H22N2O7S. The number of methoxy groups -OCH3 is 1. The van der Waals surface area contributed by atoms with Crippen molar-refractivity contribution < 1.29 is 33.0 Å². The molecule has 0 aliphatic carbocycles. The monoisotopic (exact) mass is 422 g/mol. The normalized spacial score (nSPS) is 15.1. The summed E-state index contributed by atoms with van der Waals surface area (Å²) < 4.78 is 32.7. The average Bonchev–Trinajstić information content (AvgIpc) is 3.08. The molecule has 2 aromatic rings. The highest BCUT2D eigenvalue weighted by atomic mass is 32.2. The number of carboxylic acid groups (broad SMARTS) is 2. The zero-order valence-electron chi connectivity index (χ0n) is 15.7. The zero-order valence-corrected chi connectivity index (χ0v) is 16.5. The van der Waals surface area contributed by atoms with Crippen LogP contribution in [0.2, 0.25) is 0 Å². The molecule has 29 heavy (non-hydrogen) atoms. The lowest BCUT2D eigenvalue weighted by molar-refractivity contribution is -0.159. The topological polar surface area (TPSA) is 147 Å². The van der Waals surface area contributed by atoms with Crippen LogP contribution in [0, 0.1) is 0 Å². The molecule has 0 radical (unpaired) electrons. The number of hydrogen-bond acceptors (Lipinski definition) is 6. The molecule has 2 aromatic carbocycles. The number of fused-ring (bicyclic) bond motifs is 1. The molecular weight excluding hydrogens is 400 g/mol. The van der Waals surface area contributed by atoms with Crippen LogP contribution in [-0.4, -0.2) is 50.8 Å². The molecule has 1 unspecified atom stereocenters. The Balaban J connectivity index is 0.000000438. The van der Waals surface area contributed by atoms with Gasteiger partial charge < -0.3 is 20.7 Å². The van der Waals surface area contributed by atoms with Crippen LogP contribution in [0.3, 0.4) is 0 Å². The molecule has 3 rings (SSSR count). The fourth-order valence-corrected chi connectivity index (χ4v) is 4.56. The number of ether oxygens (including phenoxy) is 1. The fourth-order valence-electron chi connectivity index (χ4n) is 3.01. The second kappa shape index (κ2) is 9.39. The molecule has 0 aromatic heterocycles. The van der Waals surface area contributed by atoms with E-state index in [4.69, 9.17) is 30.3 Å². The standard InChI is InChI=1S/C17H20N2O3S.C2H2O4/c1-22-14-7-8-17-16(11-14)13(9-10-18)12-19(17)23(20,21)15-5-3-2-4-6-15;3-1(4)2(5)6/h2-8,11,13H,9-10,12,18H2,1H3;(H,3,4)(H,5,6). The van der Waals surface area contributed by atoms with Crippen molar-refractivity contribution in [3.63, 3.8) is 0 Å². The van der Waals surface area contributed by atoms with Gasteiger partial charge in [-0.25, -0.2) is 18.0 Å². The number of aliphatic carboxylic acids is 2. The lowest BCUT2D eigenvalue weighted by Gasteiger charge is -2.20. The fraction of sp³-hybridized carbons (Fsp3) is 0.263. The molecule has 156 valence electrons. The Kier molecular flexibility index (Phi) is 7.18. The van der Waals surface area contributed by atoms with E-state index in [2.05, 4.69) is 0 Å². The Morgan fingerprint density at radius 3 is 2.28 bits per heavy atom. The molecule has 0 spiro atoms. The Morgan fingerprint density at radius 2 is 1.76 bits per heavy atom. The summed E-state index contributed by atoms with van der Waals surface area (Å²) in [5.74, 6) is -2.83. The first kappa shape index (κ1) is 22.2. The summed E-state index contributed by atoms with van der Waals surface area (Å²) in [7, 11) is -1.97. The van der Waals surface area contributed by atoms with E-state index in [-0.39, 0.29) is 5.92 Å².